The molecule has 0 aromatic carbocycles. The van der Waals surface area contributed by atoms with Crippen LogP contribution < -0.4 is 5.32 Å². The second-order valence-electron chi connectivity index (χ2n) is 7.79. The molecule has 2 saturated heterocycles. The molecule has 2 aromatic heterocycles. The predicted octanol–water partition coefficient (Wildman–Crippen LogP) is 3.47. The summed E-state index contributed by atoms with van der Waals surface area (Å²) in [5, 5.41) is 7.04. The molecule has 2 fully saturated rings. The Morgan fingerprint density at radius 3 is 3.12 bits per heavy atom. The van der Waals surface area contributed by atoms with Crippen molar-refractivity contribution in [3.63, 3.8) is 0 Å². The molecular weight excluding hydrogens is 332 g/mol. The molecule has 2 atom stereocenters. The highest BCUT2D eigenvalue weighted by Crippen LogP contribution is 2.32. The molecule has 6 heteroatoms. The van der Waals surface area contributed by atoms with Crippen LogP contribution in [0.1, 0.15) is 38.1 Å². The Hall–Kier alpha value is -1.24. The summed E-state index contributed by atoms with van der Waals surface area (Å²) < 4.78 is 6.09. The van der Waals surface area contributed by atoms with E-state index in [1.165, 1.54) is 30.3 Å². The fourth-order valence-electron chi connectivity index (χ4n) is 4.05. The minimum atomic E-state index is 0.242. The highest BCUT2D eigenvalue weighted by atomic mass is 32.1. The van der Waals surface area contributed by atoms with E-state index in [1.54, 1.807) is 11.3 Å². The lowest BCUT2D eigenvalue weighted by molar-refractivity contribution is -0.0415. The average molecular weight is 361 g/mol. The van der Waals surface area contributed by atoms with Crippen LogP contribution in [0, 0.1) is 12.8 Å². The van der Waals surface area contributed by atoms with Gasteiger partial charge in [-0.3, -0.25) is 4.90 Å². The third kappa shape index (κ3) is 3.66. The molecule has 136 valence electrons. The van der Waals surface area contributed by atoms with Gasteiger partial charge in [0, 0.05) is 19.1 Å². The summed E-state index contributed by atoms with van der Waals surface area (Å²) in [5.74, 6) is 2.43. The van der Waals surface area contributed by atoms with Crippen molar-refractivity contribution < 1.29 is 4.74 Å². The molecule has 5 nitrogen and oxygen atoms in total. The number of ether oxygens (including phenoxy) is 1. The van der Waals surface area contributed by atoms with E-state index in [0.29, 0.717) is 12.0 Å². The molecule has 2 aliphatic rings. The van der Waals surface area contributed by atoms with Crippen LogP contribution >= 0.6 is 11.3 Å². The van der Waals surface area contributed by atoms with Crippen molar-refractivity contribution in [1.29, 1.82) is 0 Å². The first-order valence-electron chi connectivity index (χ1n) is 9.44. The van der Waals surface area contributed by atoms with E-state index < -0.39 is 0 Å². The Kier molecular flexibility index (Phi) is 4.93. The van der Waals surface area contributed by atoms with Crippen LogP contribution in [-0.2, 0) is 11.2 Å². The van der Waals surface area contributed by atoms with Crippen molar-refractivity contribution in [2.24, 2.45) is 5.92 Å². The lowest BCUT2D eigenvalue weighted by Gasteiger charge is -2.35. The summed E-state index contributed by atoms with van der Waals surface area (Å²) in [6, 6.07) is 0.652. The van der Waals surface area contributed by atoms with Gasteiger partial charge in [-0.15, -0.1) is 11.3 Å². The molecule has 0 radical (unpaired) electrons. The number of thiophene rings is 1. The van der Waals surface area contributed by atoms with E-state index in [4.69, 9.17) is 9.72 Å². The van der Waals surface area contributed by atoms with E-state index in [1.807, 2.05) is 6.92 Å². The first-order valence-corrected chi connectivity index (χ1v) is 10.3. The molecule has 25 heavy (non-hydrogen) atoms. The van der Waals surface area contributed by atoms with Gasteiger partial charge in [-0.1, -0.05) is 13.8 Å². The monoisotopic (exact) mass is 360 g/mol. The number of anilines is 1. The number of aryl methyl sites for hydroxylation is 1. The maximum absolute atomic E-state index is 6.09. The van der Waals surface area contributed by atoms with E-state index in [2.05, 4.69) is 34.4 Å². The third-order valence-corrected chi connectivity index (χ3v) is 6.13. The van der Waals surface area contributed by atoms with Crippen molar-refractivity contribution in [3.05, 3.63) is 16.8 Å². The summed E-state index contributed by atoms with van der Waals surface area (Å²) in [5.41, 5.74) is 1.36. The number of nitrogens with zero attached hydrogens (tertiary/aromatic N) is 3. The third-order valence-electron chi connectivity index (χ3n) is 5.21. The van der Waals surface area contributed by atoms with Crippen molar-refractivity contribution in [2.45, 2.75) is 52.2 Å². The number of fused-ring (bicyclic) bond motifs is 2. The molecule has 4 rings (SSSR count). The zero-order valence-electron chi connectivity index (χ0n) is 15.4. The van der Waals surface area contributed by atoms with Gasteiger partial charge in [0.15, 0.2) is 0 Å². The number of rotatable bonds is 5. The molecule has 0 bridgehead atoms. The second kappa shape index (κ2) is 7.17. The molecule has 0 aliphatic carbocycles. The highest BCUT2D eigenvalue weighted by Gasteiger charge is 2.32. The number of aromatic nitrogens is 2. The minimum absolute atomic E-state index is 0.242. The summed E-state index contributed by atoms with van der Waals surface area (Å²) in [6.07, 6.45) is 3.91. The van der Waals surface area contributed by atoms with Gasteiger partial charge in [0.05, 0.1) is 18.1 Å². The van der Waals surface area contributed by atoms with Crippen molar-refractivity contribution in [2.75, 3.05) is 31.6 Å². The van der Waals surface area contributed by atoms with E-state index in [0.717, 1.165) is 42.6 Å². The number of hydrogen-bond acceptors (Lipinski definition) is 6. The van der Waals surface area contributed by atoms with Gasteiger partial charge >= 0.3 is 0 Å². The van der Waals surface area contributed by atoms with Crippen LogP contribution in [0.15, 0.2) is 5.38 Å². The Morgan fingerprint density at radius 1 is 1.40 bits per heavy atom. The van der Waals surface area contributed by atoms with E-state index in [9.17, 15) is 0 Å². The van der Waals surface area contributed by atoms with Crippen LogP contribution in [0.25, 0.3) is 10.2 Å². The highest BCUT2D eigenvalue weighted by molar-refractivity contribution is 7.17. The zero-order chi connectivity index (χ0) is 17.4. The number of nitrogens with one attached hydrogen (secondary N) is 1. The molecule has 2 unspecified atom stereocenters. The van der Waals surface area contributed by atoms with Crippen LogP contribution in [0.2, 0.25) is 0 Å². The molecule has 0 amide bonds. The topological polar surface area (TPSA) is 50.3 Å². The van der Waals surface area contributed by atoms with Crippen molar-refractivity contribution >= 4 is 27.4 Å². The Bertz CT molecular complexity index is 744. The number of hydrogen-bond donors (Lipinski definition) is 1. The second-order valence-corrected chi connectivity index (χ2v) is 8.64. The van der Waals surface area contributed by atoms with Gasteiger partial charge in [0.2, 0.25) is 0 Å². The van der Waals surface area contributed by atoms with Crippen LogP contribution in [-0.4, -0.2) is 53.3 Å². The summed E-state index contributed by atoms with van der Waals surface area (Å²) >= 11 is 1.73. The first-order chi connectivity index (χ1) is 12.1. The van der Waals surface area contributed by atoms with Gasteiger partial charge in [-0.25, -0.2) is 9.97 Å². The largest absolute Gasteiger partial charge is 0.373 e. The fourth-order valence-corrected chi connectivity index (χ4v) is 5.04. The standard InChI is InChI=1S/C19H28N4OS/c1-12(2)7-14-11-25-19-17(14)18(21-13(3)22-19)20-8-16-9-23-6-4-5-15(23)10-24-16/h11-12,15-16H,4-10H2,1-3H3,(H,20,21,22). The summed E-state index contributed by atoms with van der Waals surface area (Å²) in [6.45, 7) is 10.4. The smallest absolute Gasteiger partial charge is 0.138 e. The van der Waals surface area contributed by atoms with Crippen LogP contribution in [0.4, 0.5) is 5.82 Å². The maximum atomic E-state index is 6.09. The average Bonchev–Trinajstić information content (AvgIpc) is 3.18. The molecular formula is C19H28N4OS. The molecule has 2 aliphatic heterocycles. The Balaban J connectivity index is 1.51. The summed E-state index contributed by atoms with van der Waals surface area (Å²) in [4.78, 5) is 13.0. The number of morpholine rings is 1. The molecule has 0 saturated carbocycles. The molecule has 2 aromatic rings. The van der Waals surface area contributed by atoms with E-state index in [-0.39, 0.29) is 6.10 Å². The van der Waals surface area contributed by atoms with Gasteiger partial charge < -0.3 is 10.1 Å². The van der Waals surface area contributed by atoms with Gasteiger partial charge in [-0.05, 0) is 49.6 Å². The predicted molar refractivity (Wildman–Crippen MR) is 104 cm³/mol. The first kappa shape index (κ1) is 17.2. The quantitative estimate of drug-likeness (QED) is 0.885. The van der Waals surface area contributed by atoms with Crippen molar-refractivity contribution in [3.8, 4) is 0 Å². The minimum Gasteiger partial charge on any atom is -0.373 e. The lowest BCUT2D eigenvalue weighted by atomic mass is 10.0. The van der Waals surface area contributed by atoms with Crippen LogP contribution in [0.3, 0.4) is 0 Å². The summed E-state index contributed by atoms with van der Waals surface area (Å²) in [7, 11) is 0. The molecule has 0 spiro atoms. The fraction of sp³-hybridized carbons (Fsp3) is 0.684. The van der Waals surface area contributed by atoms with Gasteiger partial charge in [0.25, 0.3) is 0 Å². The van der Waals surface area contributed by atoms with Gasteiger partial charge in [0.1, 0.15) is 16.5 Å². The van der Waals surface area contributed by atoms with E-state index >= 15 is 0 Å². The lowest BCUT2D eigenvalue weighted by Crippen LogP contribution is -2.48. The van der Waals surface area contributed by atoms with Gasteiger partial charge in [-0.2, -0.15) is 0 Å². The molecule has 1 N–H and O–H groups in total. The zero-order valence-corrected chi connectivity index (χ0v) is 16.2. The van der Waals surface area contributed by atoms with Crippen molar-refractivity contribution in [1.82, 2.24) is 14.9 Å². The SMILES string of the molecule is Cc1nc(NCC2CN3CCCC3CO2)c2c(CC(C)C)csc2n1. The molecule has 4 heterocycles. The normalized spacial score (nSPS) is 24.2. The Morgan fingerprint density at radius 2 is 2.28 bits per heavy atom. The maximum Gasteiger partial charge on any atom is 0.138 e. The Labute approximate surface area is 153 Å². The van der Waals surface area contributed by atoms with Crippen LogP contribution in [0.5, 0.6) is 0 Å².